The zero-order valence-electron chi connectivity index (χ0n) is 9.07. The Labute approximate surface area is 98.5 Å². The third kappa shape index (κ3) is 6.38. The van der Waals surface area contributed by atoms with Gasteiger partial charge in [0.15, 0.2) is 12.6 Å². The predicted octanol–water partition coefficient (Wildman–Crippen LogP) is 2.89. The van der Waals surface area contributed by atoms with Crippen molar-refractivity contribution in [2.75, 3.05) is 14.2 Å². The van der Waals surface area contributed by atoms with Crippen LogP contribution in [-0.4, -0.2) is 26.8 Å². The first-order valence-electron chi connectivity index (χ1n) is 4.41. The van der Waals surface area contributed by atoms with E-state index in [1.807, 2.05) is 25.1 Å². The lowest BCUT2D eigenvalue weighted by molar-refractivity contribution is -0.0877. The van der Waals surface area contributed by atoms with Gasteiger partial charge in [0.05, 0.1) is 0 Å². The molecule has 3 nitrogen and oxygen atoms in total. The summed E-state index contributed by atoms with van der Waals surface area (Å²) >= 11 is 3.23. The minimum absolute atomic E-state index is 0.0648. The Kier molecular flexibility index (Phi) is 8.18. The normalized spacial score (nSPS) is 9.40. The number of aldehydes is 1. The Morgan fingerprint density at radius 2 is 1.80 bits per heavy atom. The topological polar surface area (TPSA) is 35.5 Å². The van der Waals surface area contributed by atoms with E-state index in [0.717, 1.165) is 10.8 Å². The highest BCUT2D eigenvalue weighted by Crippen LogP contribution is 2.12. The summed E-state index contributed by atoms with van der Waals surface area (Å²) < 4.78 is 10.2. The monoisotopic (exact) mass is 274 g/mol. The summed E-state index contributed by atoms with van der Waals surface area (Å²) in [7, 11) is 3.21. The van der Waals surface area contributed by atoms with E-state index in [4.69, 9.17) is 0 Å². The van der Waals surface area contributed by atoms with Crippen molar-refractivity contribution in [3.8, 4) is 0 Å². The molecule has 0 spiro atoms. The molecule has 0 unspecified atom stereocenters. The summed E-state index contributed by atoms with van der Waals surface area (Å²) in [6, 6.07) is 7.30. The van der Waals surface area contributed by atoms with E-state index in [1.165, 1.54) is 0 Å². The highest BCUT2D eigenvalue weighted by molar-refractivity contribution is 9.10. The number of halogens is 1. The lowest BCUT2D eigenvalue weighted by atomic mass is 10.2. The van der Waals surface area contributed by atoms with Crippen molar-refractivity contribution in [1.82, 2.24) is 0 Å². The van der Waals surface area contributed by atoms with Crippen LogP contribution in [-0.2, 0) is 9.47 Å². The van der Waals surface area contributed by atoms with Gasteiger partial charge in [-0.25, -0.2) is 0 Å². The summed E-state index contributed by atoms with van der Waals surface area (Å²) in [6.45, 7) is 1.83. The molecule has 84 valence electrons. The highest BCUT2D eigenvalue weighted by atomic mass is 79.9. The summed E-state index contributed by atoms with van der Waals surface area (Å²) in [4.78, 5) is 10.2. The van der Waals surface area contributed by atoms with Crippen molar-refractivity contribution in [2.24, 2.45) is 0 Å². The van der Waals surface area contributed by atoms with E-state index < -0.39 is 0 Å². The molecule has 4 heteroatoms. The molecule has 0 fully saturated rings. The predicted molar refractivity (Wildman–Crippen MR) is 63.0 cm³/mol. The molecule has 0 saturated heterocycles. The van der Waals surface area contributed by atoms with Gasteiger partial charge in [-0.05, 0) is 13.0 Å². The van der Waals surface area contributed by atoms with Crippen LogP contribution in [0.25, 0.3) is 0 Å². The molecule has 0 N–H and O–H groups in total. The third-order valence-corrected chi connectivity index (χ3v) is 2.42. The molecule has 0 aliphatic rings. The molecular weight excluding hydrogens is 260 g/mol. The fourth-order valence-corrected chi connectivity index (χ4v) is 1.05. The van der Waals surface area contributed by atoms with Gasteiger partial charge in [0.1, 0.15) is 0 Å². The lowest BCUT2D eigenvalue weighted by Gasteiger charge is -2.03. The number of hydrogen-bond acceptors (Lipinski definition) is 3. The van der Waals surface area contributed by atoms with E-state index in [2.05, 4.69) is 25.4 Å². The number of ether oxygens (including phenoxy) is 2. The smallest absolute Gasteiger partial charge is 0.154 e. The number of hydrogen-bond donors (Lipinski definition) is 0. The lowest BCUT2D eigenvalue weighted by Crippen LogP contribution is -2.05. The molecule has 0 saturated carbocycles. The maximum absolute atomic E-state index is 10.2. The van der Waals surface area contributed by atoms with Crippen LogP contribution < -0.4 is 0 Å². The Morgan fingerprint density at radius 1 is 1.27 bits per heavy atom. The Balaban J connectivity index is 0.000000288. The first-order chi connectivity index (χ1) is 7.15. The molecule has 0 heterocycles. The summed E-state index contributed by atoms with van der Waals surface area (Å²) in [5.41, 5.74) is 0.692. The summed E-state index contributed by atoms with van der Waals surface area (Å²) in [5, 5.41) is 0. The molecule has 0 bridgehead atoms. The summed E-state index contributed by atoms with van der Waals surface area (Å²) in [6.07, 6.45) is 0.759. The highest BCUT2D eigenvalue weighted by Gasteiger charge is 1.92. The number of methoxy groups -OCH3 is 2. The molecular formula is C11H15BrO3. The van der Waals surface area contributed by atoms with Crippen molar-refractivity contribution in [3.05, 3.63) is 34.3 Å². The van der Waals surface area contributed by atoms with Gasteiger partial charge in [0.2, 0.25) is 0 Å². The first kappa shape index (κ1) is 14.3. The standard InChI is InChI=1S/C7H5BrO.C4H10O2/c8-7-4-2-1-3-6(7)5-9;1-4(5-2)6-3/h1-5H;4H,1-3H3. The van der Waals surface area contributed by atoms with Crippen molar-refractivity contribution >= 4 is 22.2 Å². The maximum atomic E-state index is 10.2. The molecule has 0 aliphatic heterocycles. The van der Waals surface area contributed by atoms with Crippen LogP contribution >= 0.6 is 15.9 Å². The zero-order valence-corrected chi connectivity index (χ0v) is 10.7. The van der Waals surface area contributed by atoms with Gasteiger partial charge in [0, 0.05) is 24.3 Å². The van der Waals surface area contributed by atoms with Crippen LogP contribution in [0.2, 0.25) is 0 Å². The fourth-order valence-electron chi connectivity index (χ4n) is 0.667. The van der Waals surface area contributed by atoms with E-state index >= 15 is 0 Å². The molecule has 0 aliphatic carbocycles. The second-order valence-corrected chi connectivity index (χ2v) is 3.53. The Hall–Kier alpha value is -0.710. The van der Waals surface area contributed by atoms with Crippen LogP contribution in [0.5, 0.6) is 0 Å². The maximum Gasteiger partial charge on any atom is 0.154 e. The molecule has 0 radical (unpaired) electrons. The summed E-state index contributed by atoms with van der Waals surface area (Å²) in [5.74, 6) is 0. The van der Waals surface area contributed by atoms with E-state index in [-0.39, 0.29) is 6.29 Å². The Bertz CT molecular complexity index is 285. The van der Waals surface area contributed by atoms with Crippen molar-refractivity contribution in [2.45, 2.75) is 13.2 Å². The third-order valence-electron chi connectivity index (χ3n) is 1.70. The SMILES string of the molecule is COC(C)OC.O=Cc1ccccc1Br. The average Bonchev–Trinajstić information content (AvgIpc) is 2.29. The second kappa shape index (κ2) is 8.59. The van der Waals surface area contributed by atoms with Crippen LogP contribution in [0.15, 0.2) is 28.7 Å². The van der Waals surface area contributed by atoms with Gasteiger partial charge in [-0.2, -0.15) is 0 Å². The van der Waals surface area contributed by atoms with Gasteiger partial charge in [0.25, 0.3) is 0 Å². The minimum atomic E-state index is -0.0648. The van der Waals surface area contributed by atoms with Gasteiger partial charge in [-0.1, -0.05) is 34.1 Å². The number of carbonyl (C=O) groups excluding carboxylic acids is 1. The van der Waals surface area contributed by atoms with E-state index in [1.54, 1.807) is 20.3 Å². The largest absolute Gasteiger partial charge is 0.356 e. The zero-order chi connectivity index (χ0) is 11.7. The number of rotatable bonds is 3. The molecule has 15 heavy (non-hydrogen) atoms. The van der Waals surface area contributed by atoms with Crippen LogP contribution in [0, 0.1) is 0 Å². The van der Waals surface area contributed by atoms with Crippen LogP contribution in [0.4, 0.5) is 0 Å². The van der Waals surface area contributed by atoms with Gasteiger partial charge in [-0.3, -0.25) is 4.79 Å². The van der Waals surface area contributed by atoms with Gasteiger partial charge < -0.3 is 9.47 Å². The van der Waals surface area contributed by atoms with Gasteiger partial charge >= 0.3 is 0 Å². The number of benzene rings is 1. The number of carbonyl (C=O) groups is 1. The minimum Gasteiger partial charge on any atom is -0.356 e. The second-order valence-electron chi connectivity index (χ2n) is 2.68. The first-order valence-corrected chi connectivity index (χ1v) is 5.20. The van der Waals surface area contributed by atoms with Crippen molar-refractivity contribution in [3.63, 3.8) is 0 Å². The van der Waals surface area contributed by atoms with E-state index in [0.29, 0.717) is 5.56 Å². The van der Waals surface area contributed by atoms with Crippen LogP contribution in [0.1, 0.15) is 17.3 Å². The average molecular weight is 275 g/mol. The molecule has 0 amide bonds. The van der Waals surface area contributed by atoms with Crippen LogP contribution in [0.3, 0.4) is 0 Å². The van der Waals surface area contributed by atoms with E-state index in [9.17, 15) is 4.79 Å². The molecule has 0 aromatic heterocycles. The molecule has 1 rings (SSSR count). The molecule has 0 atom stereocenters. The van der Waals surface area contributed by atoms with Crippen molar-refractivity contribution in [1.29, 1.82) is 0 Å². The quantitative estimate of drug-likeness (QED) is 0.628. The van der Waals surface area contributed by atoms with Crippen molar-refractivity contribution < 1.29 is 14.3 Å². The fraction of sp³-hybridized carbons (Fsp3) is 0.364. The molecule has 1 aromatic carbocycles. The Morgan fingerprint density at radius 3 is 2.07 bits per heavy atom. The molecule has 1 aromatic rings. The van der Waals surface area contributed by atoms with Gasteiger partial charge in [-0.15, -0.1) is 0 Å².